The number of hydrogen-bond donors (Lipinski definition) is 2. The van der Waals surface area contributed by atoms with Gasteiger partial charge in [-0.3, -0.25) is 0 Å². The maximum atomic E-state index is 13.4. The quantitative estimate of drug-likeness (QED) is 0.503. The van der Waals surface area contributed by atoms with E-state index in [1.165, 1.54) is 12.1 Å². The van der Waals surface area contributed by atoms with Gasteiger partial charge in [-0.25, -0.2) is 4.39 Å². The molecule has 0 radical (unpaired) electrons. The van der Waals surface area contributed by atoms with Gasteiger partial charge in [-0.1, -0.05) is 0 Å². The van der Waals surface area contributed by atoms with E-state index in [1.807, 2.05) is 24.4 Å². The summed E-state index contributed by atoms with van der Waals surface area (Å²) in [4.78, 5) is 6.21. The predicted octanol–water partition coefficient (Wildman–Crippen LogP) is 4.51. The summed E-state index contributed by atoms with van der Waals surface area (Å²) in [5.74, 6) is 1.22. The zero-order chi connectivity index (χ0) is 17.7. The summed E-state index contributed by atoms with van der Waals surface area (Å²) >= 11 is 0. The molecule has 2 aromatic carbocycles. The molecule has 5 rings (SSSR count). The second-order valence-electron chi connectivity index (χ2n) is 5.92. The van der Waals surface area contributed by atoms with Crippen LogP contribution in [0.4, 0.5) is 4.39 Å². The first-order valence-electron chi connectivity index (χ1n) is 7.99. The molecule has 0 unspecified atom stereocenters. The molecule has 7 heteroatoms. The number of aromatic nitrogens is 4. The number of nitrogens with zero attached hydrogens (tertiary/aromatic N) is 2. The number of benzene rings is 2. The van der Waals surface area contributed by atoms with E-state index in [-0.39, 0.29) is 5.82 Å². The average molecular weight is 348 g/mol. The van der Waals surface area contributed by atoms with Gasteiger partial charge in [-0.15, -0.1) is 10.2 Å². The van der Waals surface area contributed by atoms with E-state index in [1.54, 1.807) is 19.4 Å². The number of hydrogen-bond acceptors (Lipinski definition) is 4. The second kappa shape index (κ2) is 5.45. The van der Waals surface area contributed by atoms with E-state index in [2.05, 4.69) is 20.2 Å². The Morgan fingerprint density at radius 2 is 1.62 bits per heavy atom. The van der Waals surface area contributed by atoms with E-state index in [9.17, 15) is 4.39 Å². The standard InChI is InChI=1S/C19H13FN4O2/c1-25-11-3-5-16-13(7-11)15(9-21-16)19-24-23-18(26-19)14-8-22-17-6-10(20)2-4-12(14)17/h2-9,21-22H,1H3. The third kappa shape index (κ3) is 2.17. The highest BCUT2D eigenvalue weighted by Crippen LogP contribution is 2.34. The third-order valence-corrected chi connectivity index (χ3v) is 4.42. The van der Waals surface area contributed by atoms with Crippen molar-refractivity contribution < 1.29 is 13.5 Å². The molecule has 0 aliphatic carbocycles. The molecule has 2 N–H and O–H groups in total. The van der Waals surface area contributed by atoms with Gasteiger partial charge >= 0.3 is 0 Å². The molecule has 0 saturated carbocycles. The fourth-order valence-corrected chi connectivity index (χ4v) is 3.12. The molecule has 0 fully saturated rings. The normalized spacial score (nSPS) is 11.5. The Labute approximate surface area is 146 Å². The Morgan fingerprint density at radius 3 is 2.38 bits per heavy atom. The van der Waals surface area contributed by atoms with Crippen molar-refractivity contribution in [1.29, 1.82) is 0 Å². The lowest BCUT2D eigenvalue weighted by Crippen LogP contribution is -1.82. The van der Waals surface area contributed by atoms with Gasteiger partial charge < -0.3 is 19.1 Å². The van der Waals surface area contributed by atoms with Crippen molar-refractivity contribution in [2.45, 2.75) is 0 Å². The van der Waals surface area contributed by atoms with Crippen LogP contribution in [0.5, 0.6) is 5.75 Å². The lowest BCUT2D eigenvalue weighted by Gasteiger charge is -1.99. The van der Waals surface area contributed by atoms with Gasteiger partial charge in [-0.2, -0.15) is 0 Å². The minimum absolute atomic E-state index is 0.301. The summed E-state index contributed by atoms with van der Waals surface area (Å²) in [6, 6.07) is 10.3. The van der Waals surface area contributed by atoms with Gasteiger partial charge in [0.2, 0.25) is 11.8 Å². The van der Waals surface area contributed by atoms with Crippen LogP contribution in [0.2, 0.25) is 0 Å². The Bertz CT molecular complexity index is 1250. The predicted molar refractivity (Wildman–Crippen MR) is 95.4 cm³/mol. The highest BCUT2D eigenvalue weighted by molar-refractivity contribution is 5.95. The maximum Gasteiger partial charge on any atom is 0.250 e. The SMILES string of the molecule is COc1ccc2[nH]cc(-c3nnc(-c4c[nH]c5cc(F)ccc45)o3)c2c1. The number of H-pyrrole nitrogens is 2. The number of ether oxygens (including phenoxy) is 1. The Hall–Kier alpha value is -3.61. The van der Waals surface area contributed by atoms with Gasteiger partial charge in [0, 0.05) is 34.2 Å². The number of aromatic amines is 2. The van der Waals surface area contributed by atoms with Crippen molar-refractivity contribution in [1.82, 2.24) is 20.2 Å². The summed E-state index contributed by atoms with van der Waals surface area (Å²) in [6.45, 7) is 0. The molecule has 26 heavy (non-hydrogen) atoms. The van der Waals surface area contributed by atoms with Gasteiger partial charge in [-0.05, 0) is 36.4 Å². The van der Waals surface area contributed by atoms with Crippen LogP contribution in [0.15, 0.2) is 53.2 Å². The number of fused-ring (bicyclic) bond motifs is 2. The summed E-state index contributed by atoms with van der Waals surface area (Å²) in [5.41, 5.74) is 3.15. The Balaban J connectivity index is 1.62. The lowest BCUT2D eigenvalue weighted by molar-refractivity contribution is 0.415. The van der Waals surface area contributed by atoms with E-state index in [4.69, 9.17) is 9.15 Å². The monoisotopic (exact) mass is 348 g/mol. The van der Waals surface area contributed by atoms with Crippen LogP contribution in [0.1, 0.15) is 0 Å². The molecule has 0 aliphatic heterocycles. The topological polar surface area (TPSA) is 79.7 Å². The fourth-order valence-electron chi connectivity index (χ4n) is 3.12. The molecule has 128 valence electrons. The summed E-state index contributed by atoms with van der Waals surface area (Å²) in [5, 5.41) is 10.1. The minimum atomic E-state index is -0.301. The summed E-state index contributed by atoms with van der Waals surface area (Å²) in [6.07, 6.45) is 3.56. The molecule has 0 saturated heterocycles. The van der Waals surface area contributed by atoms with E-state index >= 15 is 0 Å². The molecular formula is C19H13FN4O2. The van der Waals surface area contributed by atoms with Crippen molar-refractivity contribution in [3.8, 4) is 28.7 Å². The van der Waals surface area contributed by atoms with Gasteiger partial charge in [0.25, 0.3) is 0 Å². The highest BCUT2D eigenvalue weighted by Gasteiger charge is 2.17. The maximum absolute atomic E-state index is 13.4. The molecule has 3 aromatic heterocycles. The molecule has 0 aliphatic rings. The Morgan fingerprint density at radius 1 is 0.885 bits per heavy atom. The van der Waals surface area contributed by atoms with Crippen LogP contribution in [0, 0.1) is 5.82 Å². The van der Waals surface area contributed by atoms with Crippen LogP contribution in [0.25, 0.3) is 44.7 Å². The van der Waals surface area contributed by atoms with Crippen molar-refractivity contribution in [2.75, 3.05) is 7.11 Å². The highest BCUT2D eigenvalue weighted by atomic mass is 19.1. The number of nitrogens with one attached hydrogen (secondary N) is 2. The first kappa shape index (κ1) is 14.7. The van der Waals surface area contributed by atoms with Crippen molar-refractivity contribution >= 4 is 21.8 Å². The fraction of sp³-hybridized carbons (Fsp3) is 0.0526. The number of rotatable bonds is 3. The molecule has 6 nitrogen and oxygen atoms in total. The molecule has 0 bridgehead atoms. The van der Waals surface area contributed by atoms with Crippen LogP contribution in [0.3, 0.4) is 0 Å². The lowest BCUT2D eigenvalue weighted by atomic mass is 10.1. The molecule has 0 spiro atoms. The first-order valence-corrected chi connectivity index (χ1v) is 7.99. The van der Waals surface area contributed by atoms with Crippen molar-refractivity contribution in [3.63, 3.8) is 0 Å². The van der Waals surface area contributed by atoms with Crippen LogP contribution < -0.4 is 4.74 Å². The minimum Gasteiger partial charge on any atom is -0.497 e. The smallest absolute Gasteiger partial charge is 0.250 e. The van der Waals surface area contributed by atoms with E-state index in [0.717, 1.165) is 33.2 Å². The van der Waals surface area contributed by atoms with Crippen LogP contribution in [-0.2, 0) is 0 Å². The Kier molecular flexibility index (Phi) is 3.08. The van der Waals surface area contributed by atoms with Crippen molar-refractivity contribution in [3.05, 3.63) is 54.6 Å². The van der Waals surface area contributed by atoms with Gasteiger partial charge in [0.15, 0.2) is 0 Å². The largest absolute Gasteiger partial charge is 0.497 e. The van der Waals surface area contributed by atoms with Gasteiger partial charge in [0.1, 0.15) is 11.6 Å². The second-order valence-corrected chi connectivity index (χ2v) is 5.92. The summed E-state index contributed by atoms with van der Waals surface area (Å²) < 4.78 is 24.5. The number of methoxy groups -OCH3 is 1. The molecular weight excluding hydrogens is 335 g/mol. The number of halogens is 1. The molecule has 5 aromatic rings. The molecule has 0 atom stereocenters. The third-order valence-electron chi connectivity index (χ3n) is 4.42. The van der Waals surface area contributed by atoms with Crippen molar-refractivity contribution in [2.24, 2.45) is 0 Å². The first-order chi connectivity index (χ1) is 12.7. The zero-order valence-electron chi connectivity index (χ0n) is 13.7. The molecule has 3 heterocycles. The zero-order valence-corrected chi connectivity index (χ0v) is 13.7. The van der Waals surface area contributed by atoms with E-state index < -0.39 is 0 Å². The van der Waals surface area contributed by atoms with Gasteiger partial charge in [0.05, 0.1) is 18.2 Å². The summed E-state index contributed by atoms with van der Waals surface area (Å²) in [7, 11) is 1.62. The van der Waals surface area contributed by atoms with Crippen LogP contribution >= 0.6 is 0 Å². The van der Waals surface area contributed by atoms with E-state index in [0.29, 0.717) is 17.3 Å². The molecule has 0 amide bonds. The average Bonchev–Trinajstić information content (AvgIpc) is 3.37. The van der Waals surface area contributed by atoms with Crippen LogP contribution in [-0.4, -0.2) is 27.3 Å².